The number of aromatic nitrogens is 3. The summed E-state index contributed by atoms with van der Waals surface area (Å²) in [5, 5.41) is 31.7. The van der Waals surface area contributed by atoms with E-state index in [-0.39, 0.29) is 38.4 Å². The number of hydrogen-bond acceptors (Lipinski definition) is 11. The zero-order valence-corrected chi connectivity index (χ0v) is 22.8. The van der Waals surface area contributed by atoms with Gasteiger partial charge in [0.1, 0.15) is 11.9 Å². The van der Waals surface area contributed by atoms with Crippen molar-refractivity contribution in [1.82, 2.24) is 15.2 Å². The van der Waals surface area contributed by atoms with Crippen molar-refractivity contribution < 1.29 is 24.0 Å². The van der Waals surface area contributed by atoms with E-state index in [0.717, 1.165) is 27.6 Å². The Kier molecular flexibility index (Phi) is 7.25. The highest BCUT2D eigenvalue weighted by atomic mass is 32.2. The molecule has 3 heterocycles. The molecule has 0 saturated carbocycles. The van der Waals surface area contributed by atoms with E-state index < -0.39 is 28.4 Å². The highest BCUT2D eigenvalue weighted by Gasteiger charge is 2.48. The lowest BCUT2D eigenvalue weighted by molar-refractivity contribution is -0.385. The summed E-state index contributed by atoms with van der Waals surface area (Å²) in [6.45, 7) is 3.35. The number of nitrogens with zero attached hydrogens (tertiary/aromatic N) is 5. The number of hydrogen-bond donors (Lipinski definition) is 1. The second-order valence-corrected chi connectivity index (χ2v) is 11.7. The molecular weight excluding hydrogens is 566 g/mol. The monoisotopic (exact) mass is 583 g/mol. The summed E-state index contributed by atoms with van der Waals surface area (Å²) in [7, 11) is 0. The largest absolute Gasteiger partial charge is 0.503 e. The van der Waals surface area contributed by atoms with Crippen LogP contribution in [0.1, 0.15) is 37.5 Å². The van der Waals surface area contributed by atoms with Crippen molar-refractivity contribution in [3.8, 4) is 0 Å². The van der Waals surface area contributed by atoms with Crippen LogP contribution < -0.4 is 4.90 Å². The number of carbonyl (C=O) groups is 2. The van der Waals surface area contributed by atoms with Gasteiger partial charge in [0, 0.05) is 11.8 Å². The van der Waals surface area contributed by atoms with Crippen molar-refractivity contribution in [2.24, 2.45) is 0 Å². The van der Waals surface area contributed by atoms with Gasteiger partial charge < -0.3 is 5.11 Å². The van der Waals surface area contributed by atoms with Crippen LogP contribution in [0, 0.1) is 29.8 Å². The normalized spacial score (nSPS) is 15.3. The third-order valence-electron chi connectivity index (χ3n) is 5.90. The standard InChI is InChI=1S/C25H18FN5O5S3/c1-12-22(38-13(2)27-12)20(32)18-19(15-8-4-6-10-17(15)31(35)36)30(23(34)21(18)33)24-28-29-25(39-24)37-11-14-7-3-5-9-16(14)26/h3-10,19,33H,11H2,1-2H3. The zero-order chi connectivity index (χ0) is 27.8. The van der Waals surface area contributed by atoms with Gasteiger partial charge in [-0.3, -0.25) is 24.6 Å². The predicted octanol–water partition coefficient (Wildman–Crippen LogP) is 5.73. The molecule has 1 amide bonds. The number of para-hydroxylation sites is 1. The van der Waals surface area contributed by atoms with Gasteiger partial charge in [-0.1, -0.05) is 53.4 Å². The van der Waals surface area contributed by atoms with Gasteiger partial charge in [-0.25, -0.2) is 9.37 Å². The molecular formula is C25H18FN5O5S3. The van der Waals surface area contributed by atoms with Crippen molar-refractivity contribution in [2.45, 2.75) is 30.0 Å². The van der Waals surface area contributed by atoms with Crippen molar-refractivity contribution in [3.63, 3.8) is 0 Å². The second kappa shape index (κ2) is 10.6. The van der Waals surface area contributed by atoms with Gasteiger partial charge in [0.05, 0.1) is 31.6 Å². The number of rotatable bonds is 8. The molecule has 198 valence electrons. The first-order valence-electron chi connectivity index (χ1n) is 11.4. The number of nitro groups is 1. The minimum absolute atomic E-state index is 0.0192. The van der Waals surface area contributed by atoms with Gasteiger partial charge in [0.15, 0.2) is 10.1 Å². The van der Waals surface area contributed by atoms with Crippen LogP contribution in [0.25, 0.3) is 0 Å². The Morgan fingerprint density at radius 3 is 2.56 bits per heavy atom. The first-order valence-corrected chi connectivity index (χ1v) is 14.0. The summed E-state index contributed by atoms with van der Waals surface area (Å²) in [6.07, 6.45) is 0. The number of carbonyl (C=O) groups excluding carboxylic acids is 2. The average molecular weight is 584 g/mol. The van der Waals surface area contributed by atoms with Crippen molar-refractivity contribution in [2.75, 3.05) is 4.90 Å². The number of thiazole rings is 1. The summed E-state index contributed by atoms with van der Waals surface area (Å²) in [4.78, 5) is 43.9. The number of benzene rings is 2. The molecule has 2 aromatic carbocycles. The van der Waals surface area contributed by atoms with E-state index in [4.69, 9.17) is 0 Å². The maximum absolute atomic E-state index is 14.0. The summed E-state index contributed by atoms with van der Waals surface area (Å²) in [5.74, 6) is -2.55. The number of aliphatic hydroxyl groups is 1. The number of aryl methyl sites for hydroxylation is 2. The zero-order valence-electron chi connectivity index (χ0n) is 20.3. The summed E-state index contributed by atoms with van der Waals surface area (Å²) < 4.78 is 14.4. The second-order valence-electron chi connectivity index (χ2n) is 8.36. The molecule has 1 unspecified atom stereocenters. The molecule has 1 aliphatic heterocycles. The molecule has 1 atom stereocenters. The Balaban J connectivity index is 1.57. The minimum Gasteiger partial charge on any atom is -0.503 e. The summed E-state index contributed by atoms with van der Waals surface area (Å²) in [5.41, 5.74) is 0.250. The number of Topliss-reactive ketones (excluding diaryl/α,β-unsaturated/α-hetero) is 1. The molecule has 1 aliphatic rings. The number of anilines is 1. The van der Waals surface area contributed by atoms with E-state index in [1.807, 2.05) is 0 Å². The number of amides is 1. The molecule has 0 fully saturated rings. The number of ketones is 1. The van der Waals surface area contributed by atoms with Gasteiger partial charge >= 0.3 is 0 Å². The van der Waals surface area contributed by atoms with E-state index in [2.05, 4.69) is 15.2 Å². The van der Waals surface area contributed by atoms with E-state index in [9.17, 15) is 29.2 Å². The van der Waals surface area contributed by atoms with Crippen LogP contribution in [0.2, 0.25) is 0 Å². The topological polar surface area (TPSA) is 139 Å². The van der Waals surface area contributed by atoms with Gasteiger partial charge in [-0.2, -0.15) is 0 Å². The maximum atomic E-state index is 14.0. The number of halogens is 1. The van der Waals surface area contributed by atoms with E-state index in [1.165, 1.54) is 36.0 Å². The molecule has 14 heteroatoms. The van der Waals surface area contributed by atoms with Crippen LogP contribution in [-0.4, -0.2) is 36.9 Å². The molecule has 2 aromatic heterocycles. The average Bonchev–Trinajstić information content (AvgIpc) is 3.59. The van der Waals surface area contributed by atoms with Gasteiger partial charge in [0.25, 0.3) is 11.6 Å². The van der Waals surface area contributed by atoms with Crippen LogP contribution in [-0.2, 0) is 10.5 Å². The molecule has 10 nitrogen and oxygen atoms in total. The molecule has 1 N–H and O–H groups in total. The predicted molar refractivity (Wildman–Crippen MR) is 145 cm³/mol. The van der Waals surface area contributed by atoms with Gasteiger partial charge in [0.2, 0.25) is 10.9 Å². The van der Waals surface area contributed by atoms with Crippen molar-refractivity contribution in [3.05, 3.63) is 103 Å². The lowest BCUT2D eigenvalue weighted by Crippen LogP contribution is -2.31. The summed E-state index contributed by atoms with van der Waals surface area (Å²) in [6, 6.07) is 10.6. The Labute approximate surface area is 233 Å². The molecule has 0 bridgehead atoms. The van der Waals surface area contributed by atoms with E-state index in [1.54, 1.807) is 38.1 Å². The number of aliphatic hydroxyl groups excluding tert-OH is 1. The first kappa shape index (κ1) is 26.6. The molecule has 0 aliphatic carbocycles. The molecule has 39 heavy (non-hydrogen) atoms. The lowest BCUT2D eigenvalue weighted by Gasteiger charge is -2.23. The molecule has 0 saturated heterocycles. The van der Waals surface area contributed by atoms with Crippen LogP contribution in [0.15, 0.2) is 64.2 Å². The molecule has 0 spiro atoms. The highest BCUT2D eigenvalue weighted by molar-refractivity contribution is 8.00. The molecule has 4 aromatic rings. The Bertz CT molecular complexity index is 1670. The van der Waals surface area contributed by atoms with Gasteiger partial charge in [-0.15, -0.1) is 21.5 Å². The van der Waals surface area contributed by atoms with Crippen LogP contribution in [0.3, 0.4) is 0 Å². The van der Waals surface area contributed by atoms with Crippen LogP contribution in [0.4, 0.5) is 15.2 Å². The van der Waals surface area contributed by atoms with Crippen molar-refractivity contribution >= 4 is 56.9 Å². The fourth-order valence-corrected chi connectivity index (χ4v) is 6.92. The Morgan fingerprint density at radius 1 is 1.15 bits per heavy atom. The number of nitro benzene ring substituents is 1. The quantitative estimate of drug-likeness (QED) is 0.0905. The van der Waals surface area contributed by atoms with Crippen molar-refractivity contribution in [1.29, 1.82) is 0 Å². The van der Waals surface area contributed by atoms with Crippen LogP contribution in [0.5, 0.6) is 0 Å². The highest BCUT2D eigenvalue weighted by Crippen LogP contribution is 2.46. The van der Waals surface area contributed by atoms with Crippen LogP contribution >= 0.6 is 34.4 Å². The summed E-state index contributed by atoms with van der Waals surface area (Å²) >= 11 is 3.28. The third-order valence-corrected chi connectivity index (χ3v) is 9.08. The Morgan fingerprint density at radius 2 is 1.87 bits per heavy atom. The maximum Gasteiger partial charge on any atom is 0.296 e. The number of thioether (sulfide) groups is 1. The minimum atomic E-state index is -1.34. The Hall–Kier alpha value is -4.01. The molecule has 0 radical (unpaired) electrons. The van der Waals surface area contributed by atoms with Gasteiger partial charge in [-0.05, 0) is 31.5 Å². The lowest BCUT2D eigenvalue weighted by atomic mass is 9.94. The first-order chi connectivity index (χ1) is 18.7. The SMILES string of the molecule is Cc1nc(C)c(C(=O)C2=C(O)C(=O)N(c3nnc(SCc4ccccc4F)s3)C2c2ccccc2[N+](=O)[O-])s1. The van der Waals surface area contributed by atoms with E-state index in [0.29, 0.717) is 20.6 Å². The fraction of sp³-hybridized carbons (Fsp3) is 0.160. The fourth-order valence-electron chi connectivity index (χ4n) is 4.19. The smallest absolute Gasteiger partial charge is 0.296 e. The third kappa shape index (κ3) is 4.93. The molecule has 5 rings (SSSR count). The van der Waals surface area contributed by atoms with E-state index >= 15 is 0 Å².